The lowest BCUT2D eigenvalue weighted by Crippen LogP contribution is -2.15. The molecule has 0 aromatic heterocycles. The summed E-state index contributed by atoms with van der Waals surface area (Å²) in [6.45, 7) is 0. The van der Waals surface area contributed by atoms with Crippen LogP contribution in [0.3, 0.4) is 0 Å². The van der Waals surface area contributed by atoms with E-state index in [4.69, 9.17) is 0 Å². The second kappa shape index (κ2) is 5.64. The van der Waals surface area contributed by atoms with Crippen LogP contribution in [0.1, 0.15) is 0 Å². The van der Waals surface area contributed by atoms with Gasteiger partial charge in [0, 0.05) is 12.1 Å². The summed E-state index contributed by atoms with van der Waals surface area (Å²) in [7, 11) is -4.39. The quantitative estimate of drug-likeness (QED) is 0.647. The van der Waals surface area contributed by atoms with E-state index in [9.17, 15) is 26.0 Å². The van der Waals surface area contributed by atoms with Gasteiger partial charge in [-0.15, -0.1) is 0 Å². The van der Waals surface area contributed by atoms with E-state index < -0.39 is 43.9 Å². The van der Waals surface area contributed by atoms with E-state index >= 15 is 0 Å². The van der Waals surface area contributed by atoms with E-state index in [0.717, 1.165) is 12.1 Å². The van der Waals surface area contributed by atoms with Crippen molar-refractivity contribution in [3.05, 3.63) is 58.1 Å². The Kier molecular flexibility index (Phi) is 4.24. The van der Waals surface area contributed by atoms with Gasteiger partial charge in [0.15, 0.2) is 11.6 Å². The zero-order valence-electron chi connectivity index (χ0n) is 10.0. The lowest BCUT2D eigenvalue weighted by molar-refractivity contribution is 0.498. The molecule has 0 aliphatic heterocycles. The molecule has 2 aromatic rings. The van der Waals surface area contributed by atoms with Crippen molar-refractivity contribution < 1.29 is 26.0 Å². The predicted molar refractivity (Wildman–Crippen MR) is 71.2 cm³/mol. The number of anilines is 1. The number of sulfonamides is 1. The molecule has 0 heterocycles. The summed E-state index contributed by atoms with van der Waals surface area (Å²) in [6, 6.07) is 3.60. The van der Waals surface area contributed by atoms with Gasteiger partial charge in [-0.05, 0) is 34.1 Å². The first-order chi connectivity index (χ1) is 9.70. The number of halogens is 5. The van der Waals surface area contributed by atoms with Gasteiger partial charge in [-0.25, -0.2) is 26.0 Å². The van der Waals surface area contributed by atoms with E-state index in [1.807, 2.05) is 0 Å². The minimum absolute atomic E-state index is 0.0319. The summed E-state index contributed by atoms with van der Waals surface area (Å²) in [4.78, 5) is -0.521. The number of rotatable bonds is 3. The Labute approximate surface area is 125 Å². The van der Waals surface area contributed by atoms with E-state index in [-0.39, 0.29) is 10.5 Å². The van der Waals surface area contributed by atoms with Crippen molar-refractivity contribution in [2.75, 3.05) is 4.72 Å². The van der Waals surface area contributed by atoms with Crippen LogP contribution in [-0.2, 0) is 10.0 Å². The third-order valence-corrected chi connectivity index (χ3v) is 4.44. The van der Waals surface area contributed by atoms with E-state index in [0.29, 0.717) is 12.1 Å². The standard InChI is InChI=1S/C12H6BrF4NO2S/c13-8-2-1-7(5-9(8)15)21(19,20)18-11-4-6(14)3-10(16)12(11)17/h1-5,18H. The Morgan fingerprint density at radius 3 is 2.24 bits per heavy atom. The highest BCUT2D eigenvalue weighted by atomic mass is 79.9. The summed E-state index contributed by atoms with van der Waals surface area (Å²) in [5, 5.41) is 0. The number of hydrogen-bond acceptors (Lipinski definition) is 2. The normalized spacial score (nSPS) is 11.5. The van der Waals surface area contributed by atoms with Gasteiger partial charge in [0.25, 0.3) is 10.0 Å². The monoisotopic (exact) mass is 383 g/mol. The van der Waals surface area contributed by atoms with Crippen LogP contribution < -0.4 is 4.72 Å². The minimum atomic E-state index is -4.39. The maximum Gasteiger partial charge on any atom is 0.262 e. The number of benzene rings is 2. The van der Waals surface area contributed by atoms with Crippen molar-refractivity contribution in [3.8, 4) is 0 Å². The van der Waals surface area contributed by atoms with Crippen LogP contribution in [0.5, 0.6) is 0 Å². The largest absolute Gasteiger partial charge is 0.276 e. The van der Waals surface area contributed by atoms with E-state index in [2.05, 4.69) is 15.9 Å². The lowest BCUT2D eigenvalue weighted by Gasteiger charge is -2.10. The summed E-state index contributed by atoms with van der Waals surface area (Å²) in [5.74, 6) is -5.12. The van der Waals surface area contributed by atoms with Gasteiger partial charge < -0.3 is 0 Å². The SMILES string of the molecule is O=S(=O)(Nc1cc(F)cc(F)c1F)c1ccc(Br)c(F)c1. The molecule has 0 saturated heterocycles. The van der Waals surface area contributed by atoms with Crippen molar-refractivity contribution in [1.82, 2.24) is 0 Å². The molecule has 0 bridgehead atoms. The van der Waals surface area contributed by atoms with Crippen LogP contribution in [0, 0.1) is 23.3 Å². The van der Waals surface area contributed by atoms with E-state index in [1.165, 1.54) is 0 Å². The molecule has 2 rings (SSSR count). The molecule has 0 unspecified atom stereocenters. The Hall–Kier alpha value is -1.61. The highest BCUT2D eigenvalue weighted by Gasteiger charge is 2.20. The van der Waals surface area contributed by atoms with Crippen LogP contribution >= 0.6 is 15.9 Å². The van der Waals surface area contributed by atoms with Gasteiger partial charge in [-0.1, -0.05) is 0 Å². The van der Waals surface area contributed by atoms with Gasteiger partial charge in [0.05, 0.1) is 15.1 Å². The molecule has 112 valence electrons. The molecule has 0 atom stereocenters. The number of nitrogens with one attached hydrogen (secondary N) is 1. The number of hydrogen-bond donors (Lipinski definition) is 1. The molecule has 0 fully saturated rings. The van der Waals surface area contributed by atoms with Crippen molar-refractivity contribution in [2.45, 2.75) is 4.90 Å². The van der Waals surface area contributed by atoms with Crippen molar-refractivity contribution in [2.24, 2.45) is 0 Å². The molecule has 0 spiro atoms. The third-order valence-electron chi connectivity index (χ3n) is 2.44. The molecule has 0 radical (unpaired) electrons. The molecule has 0 aliphatic rings. The molecule has 0 amide bonds. The highest BCUT2D eigenvalue weighted by molar-refractivity contribution is 9.10. The predicted octanol–water partition coefficient (Wildman–Crippen LogP) is 3.81. The van der Waals surface area contributed by atoms with Gasteiger partial charge in [-0.2, -0.15) is 0 Å². The second-order valence-electron chi connectivity index (χ2n) is 3.93. The van der Waals surface area contributed by atoms with Crippen LogP contribution in [-0.4, -0.2) is 8.42 Å². The van der Waals surface area contributed by atoms with Gasteiger partial charge in [0.2, 0.25) is 0 Å². The zero-order chi connectivity index (χ0) is 15.8. The smallest absolute Gasteiger partial charge is 0.262 e. The molecule has 21 heavy (non-hydrogen) atoms. The minimum Gasteiger partial charge on any atom is -0.276 e. The average Bonchev–Trinajstić information content (AvgIpc) is 2.38. The van der Waals surface area contributed by atoms with Crippen LogP contribution in [0.4, 0.5) is 23.2 Å². The first-order valence-corrected chi connectivity index (χ1v) is 7.61. The molecule has 0 saturated carbocycles. The zero-order valence-corrected chi connectivity index (χ0v) is 12.4. The summed E-state index contributed by atoms with van der Waals surface area (Å²) in [5.41, 5.74) is -0.907. The second-order valence-corrected chi connectivity index (χ2v) is 6.47. The van der Waals surface area contributed by atoms with Crippen LogP contribution in [0.25, 0.3) is 0 Å². The first-order valence-electron chi connectivity index (χ1n) is 5.33. The average molecular weight is 384 g/mol. The maximum absolute atomic E-state index is 13.4. The Morgan fingerprint density at radius 2 is 1.62 bits per heavy atom. The third kappa shape index (κ3) is 3.35. The Balaban J connectivity index is 2.44. The summed E-state index contributed by atoms with van der Waals surface area (Å²) >= 11 is 2.84. The van der Waals surface area contributed by atoms with Crippen molar-refractivity contribution in [1.29, 1.82) is 0 Å². The molecule has 2 aromatic carbocycles. The first kappa shape index (κ1) is 15.8. The fraction of sp³-hybridized carbons (Fsp3) is 0. The topological polar surface area (TPSA) is 46.2 Å². The maximum atomic E-state index is 13.4. The van der Waals surface area contributed by atoms with Gasteiger partial charge in [0.1, 0.15) is 11.6 Å². The Bertz CT molecular complexity index is 811. The van der Waals surface area contributed by atoms with Gasteiger partial charge >= 0.3 is 0 Å². The molecule has 9 heteroatoms. The summed E-state index contributed by atoms with van der Waals surface area (Å²) in [6.07, 6.45) is 0. The fourth-order valence-corrected chi connectivity index (χ4v) is 2.79. The lowest BCUT2D eigenvalue weighted by atomic mass is 10.3. The van der Waals surface area contributed by atoms with Gasteiger partial charge in [-0.3, -0.25) is 4.72 Å². The van der Waals surface area contributed by atoms with Crippen molar-refractivity contribution >= 4 is 31.6 Å². The van der Waals surface area contributed by atoms with E-state index in [1.54, 1.807) is 4.72 Å². The van der Waals surface area contributed by atoms with Crippen molar-refractivity contribution in [3.63, 3.8) is 0 Å². The Morgan fingerprint density at radius 1 is 0.952 bits per heavy atom. The molecular formula is C12H6BrF4NO2S. The summed E-state index contributed by atoms with van der Waals surface area (Å²) < 4.78 is 78.3. The van der Waals surface area contributed by atoms with Crippen LogP contribution in [0.15, 0.2) is 39.7 Å². The molecule has 1 N–H and O–H groups in total. The van der Waals surface area contributed by atoms with Crippen LogP contribution in [0.2, 0.25) is 0 Å². The highest BCUT2D eigenvalue weighted by Crippen LogP contribution is 2.24. The molecular weight excluding hydrogens is 378 g/mol. The fourth-order valence-electron chi connectivity index (χ4n) is 1.48. The molecule has 3 nitrogen and oxygen atoms in total. The molecule has 0 aliphatic carbocycles.